The van der Waals surface area contributed by atoms with Crippen molar-refractivity contribution < 1.29 is 4.79 Å². The third-order valence-corrected chi connectivity index (χ3v) is 3.49. The molecule has 2 fully saturated rings. The van der Waals surface area contributed by atoms with Crippen molar-refractivity contribution in [2.75, 3.05) is 26.2 Å². The molecule has 2 aliphatic rings. The maximum Gasteiger partial charge on any atom is 0.219 e. The molecule has 2 aliphatic heterocycles. The topological polar surface area (TPSA) is 32.3 Å². The molecule has 0 aliphatic carbocycles. The summed E-state index contributed by atoms with van der Waals surface area (Å²) in [4.78, 5) is 13.2. The lowest BCUT2D eigenvalue weighted by Gasteiger charge is -2.42. The molecule has 3 nitrogen and oxygen atoms in total. The van der Waals surface area contributed by atoms with E-state index >= 15 is 0 Å². The largest absolute Gasteiger partial charge is 0.343 e. The van der Waals surface area contributed by atoms with E-state index in [0.717, 1.165) is 13.1 Å². The number of carbonyl (C=O) groups excluding carboxylic acids is 1. The van der Waals surface area contributed by atoms with Crippen molar-refractivity contribution in [2.24, 2.45) is 5.41 Å². The number of rotatable bonds is 0. The van der Waals surface area contributed by atoms with Crippen molar-refractivity contribution in [3.05, 3.63) is 0 Å². The quantitative estimate of drug-likeness (QED) is 0.595. The smallest absolute Gasteiger partial charge is 0.219 e. The van der Waals surface area contributed by atoms with E-state index in [1.54, 1.807) is 6.92 Å². The lowest BCUT2D eigenvalue weighted by atomic mass is 9.75. The van der Waals surface area contributed by atoms with Crippen molar-refractivity contribution in [3.8, 4) is 0 Å². The average molecular weight is 182 g/mol. The fourth-order valence-electron chi connectivity index (χ4n) is 2.40. The molecule has 1 amide bonds. The van der Waals surface area contributed by atoms with E-state index in [-0.39, 0.29) is 5.91 Å². The Morgan fingerprint density at radius 2 is 2.08 bits per heavy atom. The molecule has 0 aromatic rings. The van der Waals surface area contributed by atoms with Crippen LogP contribution in [-0.2, 0) is 4.79 Å². The van der Waals surface area contributed by atoms with E-state index in [1.807, 2.05) is 4.90 Å². The first kappa shape index (κ1) is 9.00. The third kappa shape index (κ3) is 1.70. The zero-order chi connectivity index (χ0) is 9.31. The van der Waals surface area contributed by atoms with Crippen molar-refractivity contribution in [3.63, 3.8) is 0 Å². The number of nitrogens with zero attached hydrogens (tertiary/aromatic N) is 1. The lowest BCUT2D eigenvalue weighted by Crippen LogP contribution is -2.53. The summed E-state index contributed by atoms with van der Waals surface area (Å²) >= 11 is 0. The normalized spacial score (nSPS) is 26.7. The zero-order valence-corrected chi connectivity index (χ0v) is 8.31. The van der Waals surface area contributed by atoms with Crippen LogP contribution in [0.4, 0.5) is 0 Å². The number of hydrogen-bond donors (Lipinski definition) is 1. The van der Waals surface area contributed by atoms with Gasteiger partial charge in [0.05, 0.1) is 0 Å². The van der Waals surface area contributed by atoms with Gasteiger partial charge in [-0.15, -0.1) is 0 Å². The second-order valence-electron chi connectivity index (χ2n) is 4.46. The second kappa shape index (κ2) is 3.29. The van der Waals surface area contributed by atoms with Gasteiger partial charge >= 0.3 is 0 Å². The summed E-state index contributed by atoms with van der Waals surface area (Å²) in [5, 5.41) is 3.34. The fourth-order valence-corrected chi connectivity index (χ4v) is 2.40. The molecule has 3 heteroatoms. The van der Waals surface area contributed by atoms with Crippen LogP contribution in [0.15, 0.2) is 0 Å². The minimum atomic E-state index is 0.240. The predicted molar refractivity (Wildman–Crippen MR) is 51.4 cm³/mol. The van der Waals surface area contributed by atoms with E-state index in [0.29, 0.717) is 5.41 Å². The Balaban J connectivity index is 1.93. The predicted octanol–water partition coefficient (Wildman–Crippen LogP) is 0.608. The number of amides is 1. The Morgan fingerprint density at radius 3 is 2.62 bits per heavy atom. The van der Waals surface area contributed by atoms with Gasteiger partial charge in [-0.2, -0.15) is 0 Å². The standard InChI is InChI=1S/C10H18N2O/c1-9(13)12-5-2-3-10(4-6-12)7-11-8-10/h11H,2-8H2,1H3. The van der Waals surface area contributed by atoms with E-state index in [1.165, 1.54) is 32.4 Å². The molecule has 2 heterocycles. The van der Waals surface area contributed by atoms with Gasteiger partial charge in [-0.25, -0.2) is 0 Å². The minimum Gasteiger partial charge on any atom is -0.343 e. The zero-order valence-electron chi connectivity index (χ0n) is 8.31. The molecule has 0 atom stereocenters. The Bertz CT molecular complexity index is 211. The molecule has 13 heavy (non-hydrogen) atoms. The Hall–Kier alpha value is -0.570. The van der Waals surface area contributed by atoms with Gasteiger partial charge in [0.1, 0.15) is 0 Å². The van der Waals surface area contributed by atoms with Gasteiger partial charge in [-0.3, -0.25) is 4.79 Å². The van der Waals surface area contributed by atoms with Gasteiger partial charge in [0.25, 0.3) is 0 Å². The van der Waals surface area contributed by atoms with Gasteiger partial charge in [0, 0.05) is 33.1 Å². The van der Waals surface area contributed by atoms with Crippen LogP contribution in [0.1, 0.15) is 26.2 Å². The van der Waals surface area contributed by atoms with Crippen LogP contribution in [0.3, 0.4) is 0 Å². The van der Waals surface area contributed by atoms with Crippen molar-refractivity contribution in [2.45, 2.75) is 26.2 Å². The summed E-state index contributed by atoms with van der Waals surface area (Å²) in [6.45, 7) is 5.95. The first-order valence-electron chi connectivity index (χ1n) is 5.18. The molecule has 1 N–H and O–H groups in total. The molecule has 1 spiro atoms. The van der Waals surface area contributed by atoms with Gasteiger partial charge in [-0.05, 0) is 24.7 Å². The highest BCUT2D eigenvalue weighted by atomic mass is 16.2. The van der Waals surface area contributed by atoms with Crippen LogP contribution >= 0.6 is 0 Å². The molecule has 0 saturated carbocycles. The Kier molecular flexibility index (Phi) is 2.28. The fraction of sp³-hybridized carbons (Fsp3) is 0.900. The SMILES string of the molecule is CC(=O)N1CCCC2(CC1)CNC2. The first-order valence-corrected chi connectivity index (χ1v) is 5.18. The summed E-state index contributed by atoms with van der Waals surface area (Å²) in [7, 11) is 0. The van der Waals surface area contributed by atoms with E-state index in [2.05, 4.69) is 5.32 Å². The highest BCUT2D eigenvalue weighted by Crippen LogP contribution is 2.34. The summed E-state index contributed by atoms with van der Waals surface area (Å²) < 4.78 is 0. The molecule has 0 radical (unpaired) electrons. The van der Waals surface area contributed by atoms with Crippen LogP contribution in [0, 0.1) is 5.41 Å². The maximum absolute atomic E-state index is 11.2. The summed E-state index contributed by atoms with van der Waals surface area (Å²) in [5.74, 6) is 0.240. The molecular formula is C10H18N2O. The van der Waals surface area contributed by atoms with Gasteiger partial charge in [0.2, 0.25) is 5.91 Å². The number of carbonyl (C=O) groups is 1. The van der Waals surface area contributed by atoms with Gasteiger partial charge in [-0.1, -0.05) is 0 Å². The molecule has 2 rings (SSSR count). The van der Waals surface area contributed by atoms with Crippen LogP contribution in [-0.4, -0.2) is 37.0 Å². The number of hydrogen-bond acceptors (Lipinski definition) is 2. The monoisotopic (exact) mass is 182 g/mol. The van der Waals surface area contributed by atoms with E-state index in [9.17, 15) is 4.79 Å². The Labute approximate surface area is 79.5 Å². The van der Waals surface area contributed by atoms with Crippen LogP contribution in [0.5, 0.6) is 0 Å². The third-order valence-electron chi connectivity index (χ3n) is 3.49. The minimum absolute atomic E-state index is 0.240. The van der Waals surface area contributed by atoms with Crippen LogP contribution in [0.25, 0.3) is 0 Å². The second-order valence-corrected chi connectivity index (χ2v) is 4.46. The maximum atomic E-state index is 11.2. The lowest BCUT2D eigenvalue weighted by molar-refractivity contribution is -0.128. The Morgan fingerprint density at radius 1 is 1.31 bits per heavy atom. The highest BCUT2D eigenvalue weighted by Gasteiger charge is 2.38. The average Bonchev–Trinajstić information content (AvgIpc) is 2.24. The van der Waals surface area contributed by atoms with Crippen LogP contribution < -0.4 is 5.32 Å². The van der Waals surface area contributed by atoms with E-state index < -0.39 is 0 Å². The number of likely N-dealkylation sites (tertiary alicyclic amines) is 1. The highest BCUT2D eigenvalue weighted by molar-refractivity contribution is 5.73. The number of nitrogens with one attached hydrogen (secondary N) is 1. The van der Waals surface area contributed by atoms with Crippen molar-refractivity contribution in [1.29, 1.82) is 0 Å². The van der Waals surface area contributed by atoms with E-state index in [4.69, 9.17) is 0 Å². The van der Waals surface area contributed by atoms with Gasteiger partial charge in [0.15, 0.2) is 0 Å². The van der Waals surface area contributed by atoms with Gasteiger partial charge < -0.3 is 10.2 Å². The molecule has 0 aromatic heterocycles. The molecular weight excluding hydrogens is 164 g/mol. The summed E-state index contributed by atoms with van der Waals surface area (Å²) in [5.41, 5.74) is 0.546. The molecule has 0 bridgehead atoms. The summed E-state index contributed by atoms with van der Waals surface area (Å²) in [6, 6.07) is 0. The molecule has 74 valence electrons. The van der Waals surface area contributed by atoms with Crippen molar-refractivity contribution in [1.82, 2.24) is 10.2 Å². The van der Waals surface area contributed by atoms with Crippen LogP contribution in [0.2, 0.25) is 0 Å². The molecule has 2 saturated heterocycles. The molecule has 0 unspecified atom stereocenters. The first-order chi connectivity index (χ1) is 6.22. The summed E-state index contributed by atoms with van der Waals surface area (Å²) in [6.07, 6.45) is 3.67. The van der Waals surface area contributed by atoms with Crippen molar-refractivity contribution >= 4 is 5.91 Å². The molecule has 0 aromatic carbocycles.